The van der Waals surface area contributed by atoms with Crippen molar-refractivity contribution >= 4 is 11.5 Å². The molecule has 2 atom stereocenters. The van der Waals surface area contributed by atoms with Crippen molar-refractivity contribution in [2.75, 3.05) is 0 Å². The van der Waals surface area contributed by atoms with E-state index in [1.54, 1.807) is 6.07 Å². The lowest BCUT2D eigenvalue weighted by atomic mass is 9.62. The van der Waals surface area contributed by atoms with Crippen molar-refractivity contribution < 1.29 is 9.90 Å². The van der Waals surface area contributed by atoms with Crippen LogP contribution in [0.1, 0.15) is 91.7 Å². The molecule has 1 saturated carbocycles. The Morgan fingerprint density at radius 3 is 2.27 bits per heavy atom. The first kappa shape index (κ1) is 19.5. The quantitative estimate of drug-likeness (QED) is 0.668. The van der Waals surface area contributed by atoms with Gasteiger partial charge >= 0.3 is 5.97 Å². The van der Waals surface area contributed by atoms with E-state index in [0.29, 0.717) is 5.92 Å². The van der Waals surface area contributed by atoms with Gasteiger partial charge in [-0.3, -0.25) is 4.98 Å². The molecular weight excluding hydrogens is 370 g/mol. The molecule has 0 radical (unpaired) electrons. The first-order chi connectivity index (χ1) is 14.1. The standard InChI is InChI=1S/C27H31NO2/c1-16-12-21-22(26(4,5)11-10-25(21,2)3)13-20(16)27-14-18(27)7-8-19(27)23-9-6-17(15-28-23)24(29)30/h6,8-9,12-13,15,18H,7,10-11,14H2,1-5H3,(H,29,30). The van der Waals surface area contributed by atoms with Gasteiger partial charge in [-0.15, -0.1) is 0 Å². The Bertz CT molecular complexity index is 1090. The second-order valence-corrected chi connectivity index (χ2v) is 10.9. The summed E-state index contributed by atoms with van der Waals surface area (Å²) in [5.74, 6) is -0.284. The maximum atomic E-state index is 11.2. The van der Waals surface area contributed by atoms with E-state index >= 15 is 0 Å². The Hall–Kier alpha value is -2.42. The van der Waals surface area contributed by atoms with Crippen LogP contribution in [0.15, 0.2) is 36.5 Å². The van der Waals surface area contributed by atoms with E-state index in [0.717, 1.165) is 12.1 Å². The number of carboxylic acid groups (broad SMARTS) is 1. The Balaban J connectivity index is 1.62. The molecule has 1 heterocycles. The normalized spacial score (nSPS) is 27.8. The number of hydrogen-bond donors (Lipinski definition) is 1. The smallest absolute Gasteiger partial charge is 0.337 e. The average molecular weight is 402 g/mol. The van der Waals surface area contributed by atoms with Crippen LogP contribution in [0.2, 0.25) is 0 Å². The molecule has 3 aliphatic carbocycles. The molecule has 0 amide bonds. The zero-order chi connectivity index (χ0) is 21.5. The van der Waals surface area contributed by atoms with Crippen LogP contribution in [0.5, 0.6) is 0 Å². The van der Waals surface area contributed by atoms with E-state index in [1.807, 2.05) is 6.07 Å². The first-order valence-corrected chi connectivity index (χ1v) is 11.1. The van der Waals surface area contributed by atoms with E-state index in [2.05, 4.69) is 57.8 Å². The third-order valence-corrected chi connectivity index (χ3v) is 8.16. The maximum Gasteiger partial charge on any atom is 0.337 e. The molecule has 0 spiro atoms. The number of carboxylic acids is 1. The van der Waals surface area contributed by atoms with Crippen molar-refractivity contribution in [3.63, 3.8) is 0 Å². The number of pyridine rings is 1. The minimum atomic E-state index is -0.927. The van der Waals surface area contributed by atoms with Crippen LogP contribution in [-0.2, 0) is 16.2 Å². The monoisotopic (exact) mass is 401 g/mol. The molecule has 156 valence electrons. The van der Waals surface area contributed by atoms with Gasteiger partial charge in [0.05, 0.1) is 11.3 Å². The fraction of sp³-hybridized carbons (Fsp3) is 0.481. The molecule has 1 fully saturated rings. The predicted octanol–water partition coefficient (Wildman–Crippen LogP) is 6.18. The molecule has 0 saturated heterocycles. The number of aryl methyl sites for hydroxylation is 1. The summed E-state index contributed by atoms with van der Waals surface area (Å²) in [5, 5.41) is 9.22. The average Bonchev–Trinajstić information content (AvgIpc) is 3.30. The summed E-state index contributed by atoms with van der Waals surface area (Å²) in [6.07, 6.45) is 8.53. The van der Waals surface area contributed by atoms with E-state index < -0.39 is 5.97 Å². The zero-order valence-corrected chi connectivity index (χ0v) is 18.7. The largest absolute Gasteiger partial charge is 0.478 e. The second-order valence-electron chi connectivity index (χ2n) is 10.9. The summed E-state index contributed by atoms with van der Waals surface area (Å²) in [4.78, 5) is 15.8. The molecule has 3 nitrogen and oxygen atoms in total. The SMILES string of the molecule is Cc1cc2c(cc1C13CC1CC=C3c1ccc(C(=O)O)cn1)C(C)(C)CCC2(C)C. The van der Waals surface area contributed by atoms with Gasteiger partial charge in [0.25, 0.3) is 0 Å². The summed E-state index contributed by atoms with van der Waals surface area (Å²) in [7, 11) is 0. The number of nitrogens with zero attached hydrogens (tertiary/aromatic N) is 1. The Morgan fingerprint density at radius 2 is 1.70 bits per heavy atom. The van der Waals surface area contributed by atoms with Crippen molar-refractivity contribution in [1.29, 1.82) is 0 Å². The fourth-order valence-corrected chi connectivity index (χ4v) is 6.08. The lowest BCUT2D eigenvalue weighted by molar-refractivity contribution is 0.0696. The molecule has 2 aromatic rings. The molecule has 1 aromatic carbocycles. The number of rotatable bonds is 3. The molecule has 5 rings (SSSR count). The van der Waals surface area contributed by atoms with Crippen LogP contribution in [0.4, 0.5) is 0 Å². The highest BCUT2D eigenvalue weighted by Gasteiger charge is 2.61. The highest BCUT2D eigenvalue weighted by molar-refractivity contribution is 5.88. The zero-order valence-electron chi connectivity index (χ0n) is 18.7. The van der Waals surface area contributed by atoms with Crippen molar-refractivity contribution in [2.45, 2.75) is 76.5 Å². The van der Waals surface area contributed by atoms with Gasteiger partial charge in [-0.25, -0.2) is 4.79 Å². The Morgan fingerprint density at radius 1 is 1.03 bits per heavy atom. The molecule has 0 aliphatic heterocycles. The molecule has 30 heavy (non-hydrogen) atoms. The molecule has 2 unspecified atom stereocenters. The molecule has 3 heteroatoms. The highest BCUT2D eigenvalue weighted by atomic mass is 16.4. The minimum absolute atomic E-state index is 0.0501. The van der Waals surface area contributed by atoms with Crippen LogP contribution >= 0.6 is 0 Å². The lowest BCUT2D eigenvalue weighted by Gasteiger charge is -2.43. The molecule has 1 N–H and O–H groups in total. The van der Waals surface area contributed by atoms with Crippen molar-refractivity contribution in [3.05, 3.63) is 70.0 Å². The van der Waals surface area contributed by atoms with Gasteiger partial charge < -0.3 is 5.11 Å². The van der Waals surface area contributed by atoms with Gasteiger partial charge in [0.15, 0.2) is 0 Å². The van der Waals surface area contributed by atoms with Gasteiger partial charge in [-0.2, -0.15) is 0 Å². The molecule has 0 bridgehead atoms. The van der Waals surface area contributed by atoms with Gasteiger partial charge in [-0.1, -0.05) is 45.9 Å². The number of allylic oxidation sites excluding steroid dienone is 2. The summed E-state index contributed by atoms with van der Waals surface area (Å²) < 4.78 is 0. The molecule has 1 aromatic heterocycles. The third-order valence-electron chi connectivity index (χ3n) is 8.16. The summed E-state index contributed by atoms with van der Waals surface area (Å²) in [6, 6.07) is 8.56. The number of hydrogen-bond acceptors (Lipinski definition) is 2. The van der Waals surface area contributed by atoms with Crippen LogP contribution < -0.4 is 0 Å². The third kappa shape index (κ3) is 2.64. The number of benzene rings is 1. The second kappa shape index (κ2) is 6.06. The van der Waals surface area contributed by atoms with Gasteiger partial charge in [0, 0.05) is 11.6 Å². The van der Waals surface area contributed by atoms with Gasteiger partial charge in [-0.05, 0) is 89.3 Å². The summed E-state index contributed by atoms with van der Waals surface area (Å²) >= 11 is 0. The van der Waals surface area contributed by atoms with E-state index in [4.69, 9.17) is 0 Å². The topological polar surface area (TPSA) is 50.2 Å². The lowest BCUT2D eigenvalue weighted by Crippen LogP contribution is -2.34. The van der Waals surface area contributed by atoms with E-state index in [1.165, 1.54) is 53.3 Å². The molecular formula is C27H31NO2. The molecule has 3 aliphatic rings. The van der Waals surface area contributed by atoms with Gasteiger partial charge in [0.1, 0.15) is 0 Å². The minimum Gasteiger partial charge on any atom is -0.478 e. The van der Waals surface area contributed by atoms with Crippen LogP contribution in [0.25, 0.3) is 5.57 Å². The van der Waals surface area contributed by atoms with Crippen molar-refractivity contribution in [2.24, 2.45) is 5.92 Å². The maximum absolute atomic E-state index is 11.2. The number of fused-ring (bicyclic) bond motifs is 2. The summed E-state index contributed by atoms with van der Waals surface area (Å²) in [6.45, 7) is 11.8. The van der Waals surface area contributed by atoms with E-state index in [-0.39, 0.29) is 21.8 Å². The van der Waals surface area contributed by atoms with Crippen LogP contribution in [0.3, 0.4) is 0 Å². The highest BCUT2D eigenvalue weighted by Crippen LogP contribution is 2.68. The first-order valence-electron chi connectivity index (χ1n) is 11.1. The number of aromatic nitrogens is 1. The van der Waals surface area contributed by atoms with Gasteiger partial charge in [0.2, 0.25) is 0 Å². The summed E-state index contributed by atoms with van der Waals surface area (Å²) in [5.41, 5.74) is 8.80. The fourth-order valence-electron chi connectivity index (χ4n) is 6.08. The van der Waals surface area contributed by atoms with Crippen molar-refractivity contribution in [3.8, 4) is 0 Å². The van der Waals surface area contributed by atoms with E-state index in [9.17, 15) is 9.90 Å². The number of carbonyl (C=O) groups is 1. The van der Waals surface area contributed by atoms with Crippen LogP contribution in [-0.4, -0.2) is 16.1 Å². The Kier molecular flexibility index (Phi) is 3.95. The Labute approximate surface area is 179 Å². The van der Waals surface area contributed by atoms with Crippen LogP contribution in [0, 0.1) is 12.8 Å². The number of aromatic carboxylic acids is 1. The predicted molar refractivity (Wildman–Crippen MR) is 120 cm³/mol. The van der Waals surface area contributed by atoms with Crippen molar-refractivity contribution in [1.82, 2.24) is 4.98 Å².